The van der Waals surface area contributed by atoms with Gasteiger partial charge < -0.3 is 15.2 Å². The minimum atomic E-state index is -1.08. The standard InChI is InChI=1S/C18H25N3O4/c1-18(2,3)14(17(23)24)21-15(22)12-8-19-13(11-6-7-11)16(20-12)25-9-10-4-5-10/h8,10-11,14H,4-7,9H2,1-3H3,(H,21,22)(H,23,24)/t14-/m1/s1. The lowest BCUT2D eigenvalue weighted by atomic mass is 9.86. The second kappa shape index (κ2) is 6.61. The number of carboxylic acid groups (broad SMARTS) is 1. The quantitative estimate of drug-likeness (QED) is 0.785. The van der Waals surface area contributed by atoms with Gasteiger partial charge >= 0.3 is 5.97 Å². The molecular formula is C18H25N3O4. The van der Waals surface area contributed by atoms with Gasteiger partial charge in [0.05, 0.1) is 12.8 Å². The van der Waals surface area contributed by atoms with E-state index in [4.69, 9.17) is 4.74 Å². The Hall–Kier alpha value is -2.18. The number of aromatic nitrogens is 2. The molecule has 2 fully saturated rings. The van der Waals surface area contributed by atoms with E-state index in [-0.39, 0.29) is 5.69 Å². The van der Waals surface area contributed by atoms with E-state index in [0.717, 1.165) is 31.4 Å². The molecule has 1 amide bonds. The van der Waals surface area contributed by atoms with Crippen LogP contribution >= 0.6 is 0 Å². The van der Waals surface area contributed by atoms with Crippen molar-refractivity contribution in [2.24, 2.45) is 11.3 Å². The second-order valence-corrected chi connectivity index (χ2v) is 8.09. The highest BCUT2D eigenvalue weighted by molar-refractivity contribution is 5.95. The summed E-state index contributed by atoms with van der Waals surface area (Å²) in [4.78, 5) is 32.6. The van der Waals surface area contributed by atoms with Crippen LogP contribution in [0.3, 0.4) is 0 Å². The summed E-state index contributed by atoms with van der Waals surface area (Å²) < 4.78 is 5.80. The maximum atomic E-state index is 12.5. The van der Waals surface area contributed by atoms with Gasteiger partial charge in [-0.05, 0) is 37.0 Å². The molecule has 1 atom stereocenters. The van der Waals surface area contributed by atoms with Crippen molar-refractivity contribution in [1.82, 2.24) is 15.3 Å². The molecule has 0 saturated heterocycles. The van der Waals surface area contributed by atoms with Gasteiger partial charge in [0, 0.05) is 5.92 Å². The van der Waals surface area contributed by atoms with Gasteiger partial charge in [0.25, 0.3) is 5.91 Å². The number of nitrogens with zero attached hydrogens (tertiary/aromatic N) is 2. The van der Waals surface area contributed by atoms with Gasteiger partial charge in [-0.25, -0.2) is 9.78 Å². The van der Waals surface area contributed by atoms with Crippen LogP contribution in [0.15, 0.2) is 6.20 Å². The number of carbonyl (C=O) groups excluding carboxylic acids is 1. The summed E-state index contributed by atoms with van der Waals surface area (Å²) in [5, 5.41) is 11.9. The van der Waals surface area contributed by atoms with Crippen molar-refractivity contribution in [2.75, 3.05) is 6.61 Å². The van der Waals surface area contributed by atoms with Crippen LogP contribution in [0.1, 0.15) is 68.6 Å². The van der Waals surface area contributed by atoms with Gasteiger partial charge in [0.2, 0.25) is 5.88 Å². The first kappa shape index (κ1) is 17.6. The van der Waals surface area contributed by atoms with Crippen molar-refractivity contribution in [1.29, 1.82) is 0 Å². The third kappa shape index (κ3) is 4.46. The Morgan fingerprint density at radius 1 is 1.32 bits per heavy atom. The zero-order valence-electron chi connectivity index (χ0n) is 14.9. The molecule has 1 heterocycles. The molecule has 7 heteroatoms. The smallest absolute Gasteiger partial charge is 0.326 e. The van der Waals surface area contributed by atoms with Crippen molar-refractivity contribution in [2.45, 2.75) is 58.4 Å². The van der Waals surface area contributed by atoms with Gasteiger partial charge in [-0.2, -0.15) is 0 Å². The number of hydrogen-bond acceptors (Lipinski definition) is 5. The zero-order chi connectivity index (χ0) is 18.2. The summed E-state index contributed by atoms with van der Waals surface area (Å²) in [6.07, 6.45) is 5.86. The SMILES string of the molecule is CC(C)(C)[C@H](NC(=O)c1cnc(C2CC2)c(OCC2CC2)n1)C(=O)O. The molecule has 0 spiro atoms. The first-order valence-electron chi connectivity index (χ1n) is 8.79. The summed E-state index contributed by atoms with van der Waals surface area (Å²) in [5.41, 5.74) is 0.280. The van der Waals surface area contributed by atoms with Crippen LogP contribution in [-0.4, -0.2) is 39.6 Å². The van der Waals surface area contributed by atoms with Crippen LogP contribution in [-0.2, 0) is 4.79 Å². The lowest BCUT2D eigenvalue weighted by Gasteiger charge is -2.27. The fraction of sp³-hybridized carbons (Fsp3) is 0.667. The second-order valence-electron chi connectivity index (χ2n) is 8.09. The molecule has 0 radical (unpaired) electrons. The number of nitrogens with one attached hydrogen (secondary N) is 1. The highest BCUT2D eigenvalue weighted by atomic mass is 16.5. The summed E-state index contributed by atoms with van der Waals surface area (Å²) >= 11 is 0. The average molecular weight is 347 g/mol. The molecule has 3 rings (SSSR count). The minimum absolute atomic E-state index is 0.0886. The van der Waals surface area contributed by atoms with Crippen molar-refractivity contribution < 1.29 is 19.4 Å². The largest absolute Gasteiger partial charge is 0.480 e. The molecule has 2 saturated carbocycles. The molecule has 7 nitrogen and oxygen atoms in total. The minimum Gasteiger partial charge on any atom is -0.480 e. The number of aliphatic carboxylic acids is 1. The number of carboxylic acids is 1. The summed E-state index contributed by atoms with van der Waals surface area (Å²) in [7, 11) is 0. The number of ether oxygens (including phenoxy) is 1. The molecule has 1 aromatic rings. The van der Waals surface area contributed by atoms with Crippen LogP contribution < -0.4 is 10.1 Å². The molecule has 0 bridgehead atoms. The van der Waals surface area contributed by atoms with E-state index in [1.807, 2.05) is 0 Å². The van der Waals surface area contributed by atoms with Gasteiger partial charge in [-0.15, -0.1) is 0 Å². The van der Waals surface area contributed by atoms with E-state index < -0.39 is 23.3 Å². The lowest BCUT2D eigenvalue weighted by molar-refractivity contribution is -0.142. The third-order valence-electron chi connectivity index (χ3n) is 4.50. The maximum Gasteiger partial charge on any atom is 0.326 e. The Labute approximate surface area is 147 Å². The van der Waals surface area contributed by atoms with E-state index in [1.54, 1.807) is 20.8 Å². The Kier molecular flexibility index (Phi) is 4.67. The summed E-state index contributed by atoms with van der Waals surface area (Å²) in [6.45, 7) is 5.88. The lowest BCUT2D eigenvalue weighted by Crippen LogP contribution is -2.49. The summed E-state index contributed by atoms with van der Waals surface area (Å²) in [5.74, 6) is -0.268. The van der Waals surface area contributed by atoms with Crippen LogP contribution in [0.5, 0.6) is 5.88 Å². The fourth-order valence-corrected chi connectivity index (χ4v) is 2.57. The number of hydrogen-bond donors (Lipinski definition) is 2. The first-order valence-corrected chi connectivity index (χ1v) is 8.79. The van der Waals surface area contributed by atoms with Crippen molar-refractivity contribution >= 4 is 11.9 Å². The topological polar surface area (TPSA) is 101 Å². The van der Waals surface area contributed by atoms with Crippen LogP contribution in [0, 0.1) is 11.3 Å². The number of carbonyl (C=O) groups is 2. The average Bonchev–Trinajstić information content (AvgIpc) is 3.42. The summed E-state index contributed by atoms with van der Waals surface area (Å²) in [6, 6.07) is -1.01. The van der Waals surface area contributed by atoms with Crippen LogP contribution in [0.2, 0.25) is 0 Å². The Morgan fingerprint density at radius 2 is 2.00 bits per heavy atom. The Bertz CT molecular complexity index is 675. The molecule has 25 heavy (non-hydrogen) atoms. The number of amides is 1. The predicted molar refractivity (Wildman–Crippen MR) is 90.6 cm³/mol. The monoisotopic (exact) mass is 347 g/mol. The van der Waals surface area contributed by atoms with Crippen molar-refractivity contribution in [3.63, 3.8) is 0 Å². The van der Waals surface area contributed by atoms with Gasteiger partial charge in [0.15, 0.2) is 5.69 Å². The molecule has 2 N–H and O–H groups in total. The Morgan fingerprint density at radius 3 is 2.52 bits per heavy atom. The van der Waals surface area contributed by atoms with Crippen molar-refractivity contribution in [3.05, 3.63) is 17.6 Å². The zero-order valence-corrected chi connectivity index (χ0v) is 14.9. The van der Waals surface area contributed by atoms with E-state index >= 15 is 0 Å². The molecule has 136 valence electrons. The highest BCUT2D eigenvalue weighted by Crippen LogP contribution is 2.42. The molecular weight excluding hydrogens is 322 g/mol. The molecule has 0 unspecified atom stereocenters. The van der Waals surface area contributed by atoms with Crippen molar-refractivity contribution in [3.8, 4) is 5.88 Å². The molecule has 1 aromatic heterocycles. The van der Waals surface area contributed by atoms with Gasteiger partial charge in [-0.1, -0.05) is 20.8 Å². The Balaban J connectivity index is 1.77. The molecule has 2 aliphatic carbocycles. The van der Waals surface area contributed by atoms with E-state index in [2.05, 4.69) is 15.3 Å². The fourth-order valence-electron chi connectivity index (χ4n) is 2.57. The number of rotatable bonds is 7. The van der Waals surface area contributed by atoms with Crippen LogP contribution in [0.4, 0.5) is 0 Å². The maximum absolute atomic E-state index is 12.5. The normalized spacial score (nSPS) is 18.5. The predicted octanol–water partition coefficient (Wildman–Crippen LogP) is 2.37. The highest BCUT2D eigenvalue weighted by Gasteiger charge is 2.34. The first-order chi connectivity index (χ1) is 11.8. The molecule has 2 aliphatic rings. The molecule has 0 aliphatic heterocycles. The third-order valence-corrected chi connectivity index (χ3v) is 4.50. The van der Waals surface area contributed by atoms with Gasteiger partial charge in [0.1, 0.15) is 11.7 Å². The van der Waals surface area contributed by atoms with E-state index in [1.165, 1.54) is 6.20 Å². The van der Waals surface area contributed by atoms with Crippen LogP contribution in [0.25, 0.3) is 0 Å². The molecule has 0 aromatic carbocycles. The van der Waals surface area contributed by atoms with E-state index in [0.29, 0.717) is 24.3 Å². The van der Waals surface area contributed by atoms with Gasteiger partial charge in [-0.3, -0.25) is 9.78 Å². The van der Waals surface area contributed by atoms with E-state index in [9.17, 15) is 14.7 Å².